The predicted octanol–water partition coefficient (Wildman–Crippen LogP) is -0.485. The number of ether oxygens (including phenoxy) is 1. The monoisotopic (exact) mass is 153 g/mol. The molecule has 0 aromatic heterocycles. The molecule has 1 aliphatic carbocycles. The van der Waals surface area contributed by atoms with Crippen molar-refractivity contribution in [3.8, 4) is 0 Å². The molecule has 0 bridgehead atoms. The van der Waals surface area contributed by atoms with Gasteiger partial charge in [0.2, 0.25) is 0 Å². The van der Waals surface area contributed by atoms with Crippen molar-refractivity contribution in [3.05, 3.63) is 0 Å². The number of aliphatic hydroxyl groups excluding tert-OH is 1. The molecule has 0 spiro atoms. The maximum Gasteiger partial charge on any atom is 0.0982 e. The zero-order valence-electron chi connectivity index (χ0n) is 5.28. The van der Waals surface area contributed by atoms with Crippen LogP contribution in [0.1, 0.15) is 6.42 Å². The highest BCUT2D eigenvalue weighted by Gasteiger charge is 2.37. The van der Waals surface area contributed by atoms with Crippen LogP contribution in [0, 0.1) is 0 Å². The quantitative estimate of drug-likeness (QED) is 0.535. The molecular weight excluding hydrogens is 142 g/mol. The van der Waals surface area contributed by atoms with E-state index in [0.717, 1.165) is 0 Å². The third-order valence-electron chi connectivity index (χ3n) is 1.59. The Hall–Kier alpha value is 0.170. The molecule has 4 heteroatoms. The normalized spacial score (nSPS) is 41.0. The van der Waals surface area contributed by atoms with Crippen LogP contribution >= 0.6 is 12.4 Å². The van der Waals surface area contributed by atoms with E-state index >= 15 is 0 Å². The van der Waals surface area contributed by atoms with Crippen LogP contribution in [-0.2, 0) is 4.74 Å². The first-order chi connectivity index (χ1) is 3.75. The fourth-order valence-corrected chi connectivity index (χ4v) is 0.968. The van der Waals surface area contributed by atoms with Crippen LogP contribution in [-0.4, -0.2) is 30.5 Å². The van der Waals surface area contributed by atoms with Gasteiger partial charge in [-0.3, -0.25) is 0 Å². The summed E-state index contributed by atoms with van der Waals surface area (Å²) in [6.45, 7) is 0. The average molecular weight is 154 g/mol. The van der Waals surface area contributed by atoms with Gasteiger partial charge in [0.1, 0.15) is 0 Å². The second kappa shape index (κ2) is 3.37. The summed E-state index contributed by atoms with van der Waals surface area (Å²) in [5.74, 6) is 0. The molecule has 3 nitrogen and oxygen atoms in total. The molecule has 1 fully saturated rings. The molecule has 1 rings (SSSR count). The van der Waals surface area contributed by atoms with Crippen LogP contribution in [0.15, 0.2) is 0 Å². The van der Waals surface area contributed by atoms with Gasteiger partial charge < -0.3 is 15.6 Å². The SMILES string of the molecule is CO[C@@H]1C(N)C[C@H]1O.Cl. The smallest absolute Gasteiger partial charge is 0.0982 e. The third-order valence-corrected chi connectivity index (χ3v) is 1.59. The minimum absolute atomic E-state index is 0. The van der Waals surface area contributed by atoms with E-state index in [1.54, 1.807) is 7.11 Å². The summed E-state index contributed by atoms with van der Waals surface area (Å²) >= 11 is 0. The van der Waals surface area contributed by atoms with Gasteiger partial charge in [-0.15, -0.1) is 12.4 Å². The van der Waals surface area contributed by atoms with E-state index < -0.39 is 0 Å². The summed E-state index contributed by atoms with van der Waals surface area (Å²) in [6, 6.07) is 0.0509. The summed E-state index contributed by atoms with van der Waals surface area (Å²) in [4.78, 5) is 0. The van der Waals surface area contributed by atoms with Crippen molar-refractivity contribution < 1.29 is 9.84 Å². The molecule has 0 amide bonds. The zero-order valence-corrected chi connectivity index (χ0v) is 6.10. The summed E-state index contributed by atoms with van der Waals surface area (Å²) in [6.07, 6.45) is 0.239. The Morgan fingerprint density at radius 3 is 2.33 bits per heavy atom. The lowest BCUT2D eigenvalue weighted by molar-refractivity contribution is -0.0912. The van der Waals surface area contributed by atoms with Crippen molar-refractivity contribution in [3.63, 3.8) is 0 Å². The molecule has 0 aromatic carbocycles. The fourth-order valence-electron chi connectivity index (χ4n) is 0.968. The Morgan fingerprint density at radius 2 is 2.22 bits per heavy atom. The Bertz CT molecular complexity index is 83.0. The molecule has 0 aromatic rings. The van der Waals surface area contributed by atoms with Gasteiger partial charge in [-0.2, -0.15) is 0 Å². The first-order valence-corrected chi connectivity index (χ1v) is 2.72. The van der Waals surface area contributed by atoms with Gasteiger partial charge in [0, 0.05) is 13.2 Å². The Balaban J connectivity index is 0.000000640. The number of methoxy groups -OCH3 is 1. The molecule has 1 unspecified atom stereocenters. The highest BCUT2D eigenvalue weighted by Crippen LogP contribution is 2.20. The molecule has 3 atom stereocenters. The van der Waals surface area contributed by atoms with E-state index in [0.29, 0.717) is 6.42 Å². The van der Waals surface area contributed by atoms with Gasteiger partial charge in [0.25, 0.3) is 0 Å². The highest BCUT2D eigenvalue weighted by molar-refractivity contribution is 5.85. The molecule has 1 saturated carbocycles. The Kier molecular flexibility index (Phi) is 3.43. The van der Waals surface area contributed by atoms with Crippen molar-refractivity contribution in [1.82, 2.24) is 0 Å². The van der Waals surface area contributed by atoms with Crippen molar-refractivity contribution in [2.75, 3.05) is 7.11 Å². The van der Waals surface area contributed by atoms with E-state index in [1.165, 1.54) is 0 Å². The Labute approximate surface area is 60.6 Å². The van der Waals surface area contributed by atoms with E-state index in [4.69, 9.17) is 15.6 Å². The lowest BCUT2D eigenvalue weighted by atomic mass is 9.86. The van der Waals surface area contributed by atoms with Crippen molar-refractivity contribution >= 4 is 12.4 Å². The molecule has 0 aliphatic heterocycles. The maximum atomic E-state index is 8.87. The summed E-state index contributed by atoms with van der Waals surface area (Å²) in [5.41, 5.74) is 5.44. The number of aliphatic hydroxyl groups is 1. The zero-order chi connectivity index (χ0) is 6.15. The lowest BCUT2D eigenvalue weighted by Gasteiger charge is -2.37. The highest BCUT2D eigenvalue weighted by atomic mass is 35.5. The van der Waals surface area contributed by atoms with Gasteiger partial charge in [-0.25, -0.2) is 0 Å². The van der Waals surface area contributed by atoms with Gasteiger partial charge in [0.05, 0.1) is 12.2 Å². The molecule has 56 valence electrons. The standard InChI is InChI=1S/C5H11NO2.ClH/c1-8-5-3(6)2-4(5)7;/h3-5,7H,2,6H2,1H3;1H/t3?,4-,5-;/m1./s1. The second-order valence-corrected chi connectivity index (χ2v) is 2.17. The minimum atomic E-state index is -0.324. The van der Waals surface area contributed by atoms with Gasteiger partial charge >= 0.3 is 0 Å². The summed E-state index contributed by atoms with van der Waals surface area (Å²) in [7, 11) is 1.56. The largest absolute Gasteiger partial charge is 0.390 e. The fraction of sp³-hybridized carbons (Fsp3) is 1.00. The topological polar surface area (TPSA) is 55.5 Å². The van der Waals surface area contributed by atoms with Crippen LogP contribution in [0.2, 0.25) is 0 Å². The number of hydrogen-bond donors (Lipinski definition) is 2. The van der Waals surface area contributed by atoms with Crippen molar-refractivity contribution in [2.45, 2.75) is 24.7 Å². The van der Waals surface area contributed by atoms with E-state index in [2.05, 4.69) is 0 Å². The van der Waals surface area contributed by atoms with Gasteiger partial charge in [-0.1, -0.05) is 0 Å². The number of hydrogen-bond acceptors (Lipinski definition) is 3. The minimum Gasteiger partial charge on any atom is -0.390 e. The van der Waals surface area contributed by atoms with Crippen molar-refractivity contribution in [2.24, 2.45) is 5.73 Å². The number of nitrogens with two attached hydrogens (primary N) is 1. The second-order valence-electron chi connectivity index (χ2n) is 2.17. The van der Waals surface area contributed by atoms with Crippen LogP contribution in [0.25, 0.3) is 0 Å². The molecule has 0 saturated heterocycles. The summed E-state index contributed by atoms with van der Waals surface area (Å²) < 4.78 is 4.84. The summed E-state index contributed by atoms with van der Waals surface area (Å²) in [5, 5.41) is 8.87. The molecule has 3 N–H and O–H groups in total. The van der Waals surface area contributed by atoms with E-state index in [1.807, 2.05) is 0 Å². The third kappa shape index (κ3) is 1.55. The van der Waals surface area contributed by atoms with Crippen LogP contribution in [0.3, 0.4) is 0 Å². The van der Waals surface area contributed by atoms with E-state index in [-0.39, 0.29) is 30.7 Å². The molecular formula is C5H12ClNO2. The van der Waals surface area contributed by atoms with Crippen LogP contribution < -0.4 is 5.73 Å². The predicted molar refractivity (Wildman–Crippen MR) is 36.6 cm³/mol. The molecule has 1 aliphatic rings. The Morgan fingerprint density at radius 1 is 1.67 bits per heavy atom. The van der Waals surface area contributed by atoms with Gasteiger partial charge in [0.15, 0.2) is 0 Å². The molecule has 9 heavy (non-hydrogen) atoms. The maximum absolute atomic E-state index is 8.87. The van der Waals surface area contributed by atoms with Crippen molar-refractivity contribution in [1.29, 1.82) is 0 Å². The first kappa shape index (κ1) is 9.17. The average Bonchev–Trinajstić information content (AvgIpc) is 1.67. The lowest BCUT2D eigenvalue weighted by Crippen LogP contribution is -2.56. The number of halogens is 1. The number of rotatable bonds is 1. The van der Waals surface area contributed by atoms with Crippen LogP contribution in [0.4, 0.5) is 0 Å². The van der Waals surface area contributed by atoms with Crippen LogP contribution in [0.5, 0.6) is 0 Å². The van der Waals surface area contributed by atoms with Gasteiger partial charge in [-0.05, 0) is 6.42 Å². The molecule has 0 heterocycles. The van der Waals surface area contributed by atoms with E-state index in [9.17, 15) is 0 Å². The first-order valence-electron chi connectivity index (χ1n) is 2.72. The molecule has 0 radical (unpaired) electrons.